The van der Waals surface area contributed by atoms with E-state index in [1.165, 1.54) is 0 Å². The lowest BCUT2D eigenvalue weighted by Crippen LogP contribution is -2.39. The van der Waals surface area contributed by atoms with Crippen LogP contribution in [0.4, 0.5) is 24.5 Å². The Morgan fingerprint density at radius 2 is 1.70 bits per heavy atom. The lowest BCUT2D eigenvalue weighted by molar-refractivity contribution is -0.115. The SMILES string of the molecule is C/C=C(\C=C(C)C)Nc1c(NCC(F)(F)F)c(=O)c1=O. The summed E-state index contributed by atoms with van der Waals surface area (Å²) in [6.07, 6.45) is -1.09. The van der Waals surface area contributed by atoms with Crippen molar-refractivity contribution in [2.24, 2.45) is 0 Å². The molecule has 0 aliphatic carbocycles. The monoisotopic (exact) mass is 288 g/mol. The standard InChI is InChI=1S/C13H15F3N2O2/c1-4-8(5-7(2)3)18-10-9(11(19)12(10)20)17-6-13(14,15)16/h4-5,17-18H,6H2,1-3H3/b8-4+. The molecule has 7 heteroatoms. The van der Waals surface area contributed by atoms with Crippen LogP contribution in [0.2, 0.25) is 0 Å². The van der Waals surface area contributed by atoms with Crippen LogP contribution in [0.15, 0.2) is 33.0 Å². The van der Waals surface area contributed by atoms with Crippen LogP contribution in [0.5, 0.6) is 0 Å². The minimum atomic E-state index is -4.46. The van der Waals surface area contributed by atoms with Crippen LogP contribution in [0.3, 0.4) is 0 Å². The molecular formula is C13H15F3N2O2. The predicted octanol–water partition coefficient (Wildman–Crippen LogP) is 2.54. The average molecular weight is 288 g/mol. The zero-order chi connectivity index (χ0) is 15.5. The second-order valence-electron chi connectivity index (χ2n) is 4.47. The summed E-state index contributed by atoms with van der Waals surface area (Å²) >= 11 is 0. The predicted molar refractivity (Wildman–Crippen MR) is 72.7 cm³/mol. The first-order valence-electron chi connectivity index (χ1n) is 5.88. The molecule has 0 heterocycles. The van der Waals surface area contributed by atoms with E-state index in [4.69, 9.17) is 0 Å². The van der Waals surface area contributed by atoms with Crippen molar-refractivity contribution >= 4 is 11.4 Å². The molecule has 0 amide bonds. The number of allylic oxidation sites excluding steroid dienone is 3. The summed E-state index contributed by atoms with van der Waals surface area (Å²) in [5.74, 6) is 0. The molecule has 1 aromatic carbocycles. The summed E-state index contributed by atoms with van der Waals surface area (Å²) in [5.41, 5.74) is -0.750. The van der Waals surface area contributed by atoms with E-state index < -0.39 is 23.6 Å². The molecule has 0 aliphatic heterocycles. The third-order valence-electron chi connectivity index (χ3n) is 2.40. The van der Waals surface area contributed by atoms with Crippen molar-refractivity contribution in [3.05, 3.63) is 43.9 Å². The van der Waals surface area contributed by atoms with Crippen LogP contribution >= 0.6 is 0 Å². The molecule has 0 aromatic heterocycles. The van der Waals surface area contributed by atoms with Gasteiger partial charge in [0.2, 0.25) is 0 Å². The Morgan fingerprint density at radius 1 is 1.15 bits per heavy atom. The number of hydrogen-bond acceptors (Lipinski definition) is 4. The van der Waals surface area contributed by atoms with E-state index in [2.05, 4.69) is 5.32 Å². The van der Waals surface area contributed by atoms with Crippen LogP contribution in [0, 0.1) is 0 Å². The van der Waals surface area contributed by atoms with Gasteiger partial charge >= 0.3 is 6.18 Å². The fraction of sp³-hybridized carbons (Fsp3) is 0.385. The van der Waals surface area contributed by atoms with Crippen LogP contribution in [-0.4, -0.2) is 12.7 Å². The van der Waals surface area contributed by atoms with Gasteiger partial charge in [-0.25, -0.2) is 0 Å². The lowest BCUT2D eigenvalue weighted by Gasteiger charge is -2.16. The highest BCUT2D eigenvalue weighted by Crippen LogP contribution is 2.21. The van der Waals surface area contributed by atoms with Gasteiger partial charge < -0.3 is 10.6 Å². The van der Waals surface area contributed by atoms with E-state index in [1.54, 1.807) is 19.1 Å². The van der Waals surface area contributed by atoms with Gasteiger partial charge in [-0.1, -0.05) is 11.6 Å². The Bertz CT molecular complexity index is 616. The molecular weight excluding hydrogens is 273 g/mol. The van der Waals surface area contributed by atoms with E-state index in [9.17, 15) is 22.8 Å². The summed E-state index contributed by atoms with van der Waals surface area (Å²) in [6, 6.07) is 0. The van der Waals surface area contributed by atoms with Gasteiger partial charge in [0, 0.05) is 5.70 Å². The van der Waals surface area contributed by atoms with Crippen molar-refractivity contribution in [3.8, 4) is 0 Å². The zero-order valence-electron chi connectivity index (χ0n) is 11.3. The first-order chi connectivity index (χ1) is 9.15. The van der Waals surface area contributed by atoms with Gasteiger partial charge in [0.25, 0.3) is 10.9 Å². The van der Waals surface area contributed by atoms with E-state index in [1.807, 2.05) is 19.2 Å². The van der Waals surface area contributed by atoms with E-state index >= 15 is 0 Å². The molecule has 0 fully saturated rings. The number of rotatable bonds is 5. The van der Waals surface area contributed by atoms with Crippen molar-refractivity contribution in [2.75, 3.05) is 17.2 Å². The van der Waals surface area contributed by atoms with Gasteiger partial charge in [0.05, 0.1) is 0 Å². The summed E-state index contributed by atoms with van der Waals surface area (Å²) in [7, 11) is 0. The maximum atomic E-state index is 12.1. The summed E-state index contributed by atoms with van der Waals surface area (Å²) in [4.78, 5) is 22.7. The highest BCUT2D eigenvalue weighted by Gasteiger charge is 2.30. The molecule has 110 valence electrons. The van der Waals surface area contributed by atoms with Gasteiger partial charge in [0.1, 0.15) is 17.9 Å². The molecule has 1 rings (SSSR count). The average Bonchev–Trinajstić information content (AvgIpc) is 2.33. The Morgan fingerprint density at radius 3 is 2.15 bits per heavy atom. The van der Waals surface area contributed by atoms with Crippen LogP contribution in [-0.2, 0) is 0 Å². The quantitative estimate of drug-likeness (QED) is 0.646. The third kappa shape index (κ3) is 3.97. The van der Waals surface area contributed by atoms with Crippen molar-refractivity contribution in [1.29, 1.82) is 0 Å². The normalized spacial score (nSPS) is 12.4. The van der Waals surface area contributed by atoms with Gasteiger partial charge in [-0.2, -0.15) is 13.2 Å². The first kappa shape index (κ1) is 16.0. The third-order valence-corrected chi connectivity index (χ3v) is 2.40. The molecule has 0 bridgehead atoms. The molecule has 0 atom stereocenters. The molecule has 0 spiro atoms. The first-order valence-corrected chi connectivity index (χ1v) is 5.88. The number of halogens is 3. The Labute approximate surface area is 113 Å². The summed E-state index contributed by atoms with van der Waals surface area (Å²) in [5, 5.41) is 4.61. The summed E-state index contributed by atoms with van der Waals surface area (Å²) in [6.45, 7) is 4.00. The number of alkyl halides is 3. The Kier molecular flexibility index (Phi) is 4.75. The minimum Gasteiger partial charge on any atom is -0.371 e. The molecule has 0 saturated carbocycles. The summed E-state index contributed by atoms with van der Waals surface area (Å²) < 4.78 is 36.3. The largest absolute Gasteiger partial charge is 0.405 e. The second-order valence-corrected chi connectivity index (χ2v) is 4.47. The number of hydrogen-bond donors (Lipinski definition) is 2. The molecule has 20 heavy (non-hydrogen) atoms. The topological polar surface area (TPSA) is 58.2 Å². The van der Waals surface area contributed by atoms with Gasteiger partial charge in [-0.15, -0.1) is 0 Å². The zero-order valence-corrected chi connectivity index (χ0v) is 11.3. The van der Waals surface area contributed by atoms with E-state index in [0.717, 1.165) is 5.57 Å². The van der Waals surface area contributed by atoms with E-state index in [0.29, 0.717) is 5.70 Å². The van der Waals surface area contributed by atoms with Crippen molar-refractivity contribution in [2.45, 2.75) is 26.9 Å². The van der Waals surface area contributed by atoms with Crippen molar-refractivity contribution in [3.63, 3.8) is 0 Å². The van der Waals surface area contributed by atoms with Crippen LogP contribution < -0.4 is 21.5 Å². The van der Waals surface area contributed by atoms with E-state index in [-0.39, 0.29) is 11.4 Å². The highest BCUT2D eigenvalue weighted by atomic mass is 19.4. The lowest BCUT2D eigenvalue weighted by atomic mass is 10.1. The van der Waals surface area contributed by atoms with Gasteiger partial charge in [-0.05, 0) is 26.8 Å². The van der Waals surface area contributed by atoms with Crippen molar-refractivity contribution < 1.29 is 13.2 Å². The molecule has 0 unspecified atom stereocenters. The maximum Gasteiger partial charge on any atom is 0.405 e. The number of nitrogens with one attached hydrogen (secondary N) is 2. The number of anilines is 2. The fourth-order valence-electron chi connectivity index (χ4n) is 1.52. The minimum absolute atomic E-state index is 0.134. The smallest absolute Gasteiger partial charge is 0.371 e. The molecule has 2 N–H and O–H groups in total. The Hall–Kier alpha value is -2.05. The molecule has 0 aliphatic rings. The van der Waals surface area contributed by atoms with Gasteiger partial charge in [-0.3, -0.25) is 9.59 Å². The maximum absolute atomic E-state index is 12.1. The fourth-order valence-corrected chi connectivity index (χ4v) is 1.52. The molecule has 0 radical (unpaired) electrons. The van der Waals surface area contributed by atoms with Crippen molar-refractivity contribution in [1.82, 2.24) is 0 Å². The molecule has 0 saturated heterocycles. The Balaban J connectivity index is 2.93. The van der Waals surface area contributed by atoms with Crippen LogP contribution in [0.25, 0.3) is 0 Å². The van der Waals surface area contributed by atoms with Crippen LogP contribution in [0.1, 0.15) is 20.8 Å². The molecule has 4 nitrogen and oxygen atoms in total. The molecule has 1 aromatic rings. The highest BCUT2D eigenvalue weighted by molar-refractivity contribution is 5.76. The second kappa shape index (κ2) is 5.94. The van der Waals surface area contributed by atoms with Gasteiger partial charge in [0.15, 0.2) is 0 Å².